The van der Waals surface area contributed by atoms with E-state index in [1.165, 1.54) is 29.5 Å². The number of likely N-dealkylation sites (N-methyl/N-ethyl adjacent to an activating group) is 1. The van der Waals surface area contributed by atoms with Crippen molar-refractivity contribution >= 4 is 0 Å². The average molecular weight is 281 g/mol. The first-order chi connectivity index (χ1) is 10.3. The molecule has 0 fully saturated rings. The van der Waals surface area contributed by atoms with Gasteiger partial charge in [-0.25, -0.2) is 0 Å². The third-order valence-electron chi connectivity index (χ3n) is 4.77. The van der Waals surface area contributed by atoms with Crippen LogP contribution in [-0.4, -0.2) is 23.5 Å². The number of nitrogens with zero attached hydrogens (tertiary/aromatic N) is 2. The fourth-order valence-electron chi connectivity index (χ4n) is 3.58. The summed E-state index contributed by atoms with van der Waals surface area (Å²) in [5.74, 6) is 0. The van der Waals surface area contributed by atoms with E-state index in [0.29, 0.717) is 6.54 Å². The number of aromatic nitrogens is 1. The first-order valence-corrected chi connectivity index (χ1v) is 7.65. The fraction of sp³-hybridized carbons (Fsp3) is 0.389. The number of nitrogens with two attached hydrogens (primary N) is 1. The van der Waals surface area contributed by atoms with Gasteiger partial charge in [0.25, 0.3) is 0 Å². The second-order valence-corrected chi connectivity index (χ2v) is 5.96. The molecule has 1 aromatic heterocycles. The Morgan fingerprint density at radius 1 is 1.24 bits per heavy atom. The van der Waals surface area contributed by atoms with Crippen molar-refractivity contribution in [2.24, 2.45) is 5.73 Å². The quantitative estimate of drug-likeness (QED) is 0.937. The van der Waals surface area contributed by atoms with E-state index < -0.39 is 0 Å². The van der Waals surface area contributed by atoms with Crippen LogP contribution >= 0.6 is 0 Å². The van der Waals surface area contributed by atoms with E-state index in [9.17, 15) is 0 Å². The molecule has 0 radical (unpaired) electrons. The number of rotatable bonds is 4. The van der Waals surface area contributed by atoms with Crippen LogP contribution in [0.5, 0.6) is 0 Å². The Bertz CT molecular complexity index is 596. The molecule has 3 heteroatoms. The molecule has 2 aromatic rings. The van der Waals surface area contributed by atoms with E-state index in [-0.39, 0.29) is 5.54 Å². The molecule has 0 saturated heterocycles. The highest BCUT2D eigenvalue weighted by atomic mass is 15.2. The fourth-order valence-corrected chi connectivity index (χ4v) is 3.58. The minimum absolute atomic E-state index is 0.0509. The lowest BCUT2D eigenvalue weighted by Gasteiger charge is -2.45. The maximum absolute atomic E-state index is 6.25. The molecule has 1 aromatic carbocycles. The molecule has 0 spiro atoms. The average Bonchev–Trinajstić information content (AvgIpc) is 2.55. The molecule has 1 aliphatic rings. The van der Waals surface area contributed by atoms with Crippen LogP contribution in [0.1, 0.15) is 29.5 Å². The van der Waals surface area contributed by atoms with Gasteiger partial charge < -0.3 is 5.73 Å². The van der Waals surface area contributed by atoms with E-state index in [0.717, 1.165) is 13.0 Å². The molecule has 0 amide bonds. The van der Waals surface area contributed by atoms with Gasteiger partial charge in [-0.1, -0.05) is 30.3 Å². The van der Waals surface area contributed by atoms with Gasteiger partial charge in [-0.05, 0) is 49.1 Å². The summed E-state index contributed by atoms with van der Waals surface area (Å²) in [7, 11) is 2.18. The van der Waals surface area contributed by atoms with Crippen molar-refractivity contribution in [2.45, 2.75) is 31.3 Å². The van der Waals surface area contributed by atoms with Gasteiger partial charge >= 0.3 is 0 Å². The predicted octanol–water partition coefficient (Wildman–Crippen LogP) is 2.70. The number of aryl methyl sites for hydroxylation is 1. The number of fused-ring (bicyclic) bond motifs is 1. The largest absolute Gasteiger partial charge is 0.328 e. The molecule has 0 aliphatic heterocycles. The molecule has 1 aliphatic carbocycles. The highest BCUT2D eigenvalue weighted by Crippen LogP contribution is 2.39. The van der Waals surface area contributed by atoms with Crippen LogP contribution in [0.4, 0.5) is 0 Å². The Balaban J connectivity index is 1.94. The normalized spacial score (nSPS) is 21.3. The van der Waals surface area contributed by atoms with E-state index >= 15 is 0 Å². The Kier molecular flexibility index (Phi) is 4.04. The predicted molar refractivity (Wildman–Crippen MR) is 85.8 cm³/mol. The lowest BCUT2D eigenvalue weighted by molar-refractivity contribution is 0.0958. The second-order valence-electron chi connectivity index (χ2n) is 5.96. The molecular weight excluding hydrogens is 258 g/mol. The van der Waals surface area contributed by atoms with Crippen LogP contribution in [0.3, 0.4) is 0 Å². The van der Waals surface area contributed by atoms with E-state index in [4.69, 9.17) is 5.73 Å². The minimum atomic E-state index is -0.0509. The van der Waals surface area contributed by atoms with Crippen LogP contribution in [-0.2, 0) is 18.5 Å². The smallest absolute Gasteiger partial charge is 0.0586 e. The van der Waals surface area contributed by atoms with Gasteiger partial charge in [0, 0.05) is 25.5 Å². The van der Waals surface area contributed by atoms with Gasteiger partial charge in [-0.15, -0.1) is 0 Å². The molecule has 1 heterocycles. The molecule has 21 heavy (non-hydrogen) atoms. The van der Waals surface area contributed by atoms with E-state index in [1.807, 2.05) is 18.5 Å². The second kappa shape index (κ2) is 5.96. The zero-order valence-corrected chi connectivity index (χ0v) is 12.6. The number of hydrogen-bond donors (Lipinski definition) is 1. The monoisotopic (exact) mass is 281 g/mol. The van der Waals surface area contributed by atoms with Crippen LogP contribution in [0.25, 0.3) is 0 Å². The van der Waals surface area contributed by atoms with Crippen molar-refractivity contribution in [3.05, 3.63) is 65.5 Å². The Hall–Kier alpha value is -1.71. The summed E-state index contributed by atoms with van der Waals surface area (Å²) >= 11 is 0. The molecule has 3 nitrogen and oxygen atoms in total. The minimum Gasteiger partial charge on any atom is -0.328 e. The summed E-state index contributed by atoms with van der Waals surface area (Å²) in [6.45, 7) is 1.53. The standard InChI is InChI=1S/C18H23N3/c1-21(13-15-6-5-11-20-12-15)18(14-19)10-4-8-16-7-2-3-9-17(16)18/h2-3,5-7,9,11-12H,4,8,10,13-14,19H2,1H3. The first kappa shape index (κ1) is 14.2. The van der Waals surface area contributed by atoms with Crippen molar-refractivity contribution in [2.75, 3.05) is 13.6 Å². The molecular formula is C18H23N3. The third kappa shape index (κ3) is 2.59. The maximum Gasteiger partial charge on any atom is 0.0586 e. The van der Waals surface area contributed by atoms with Crippen molar-refractivity contribution in [3.8, 4) is 0 Å². The van der Waals surface area contributed by atoms with Gasteiger partial charge in [0.15, 0.2) is 0 Å². The summed E-state index contributed by atoms with van der Waals surface area (Å²) in [6, 6.07) is 12.9. The number of hydrogen-bond acceptors (Lipinski definition) is 3. The van der Waals surface area contributed by atoms with Crippen molar-refractivity contribution < 1.29 is 0 Å². The molecule has 2 N–H and O–H groups in total. The molecule has 3 rings (SSSR count). The van der Waals surface area contributed by atoms with Gasteiger partial charge in [0.2, 0.25) is 0 Å². The maximum atomic E-state index is 6.25. The molecule has 1 unspecified atom stereocenters. The zero-order chi connectivity index (χ0) is 14.7. The van der Waals surface area contributed by atoms with Crippen molar-refractivity contribution in [3.63, 3.8) is 0 Å². The Morgan fingerprint density at radius 2 is 2.10 bits per heavy atom. The van der Waals surface area contributed by atoms with Gasteiger partial charge in [0.05, 0.1) is 5.54 Å². The summed E-state index contributed by atoms with van der Waals surface area (Å²) in [5, 5.41) is 0. The van der Waals surface area contributed by atoms with E-state index in [1.54, 1.807) is 0 Å². The van der Waals surface area contributed by atoms with Crippen LogP contribution in [0.2, 0.25) is 0 Å². The summed E-state index contributed by atoms with van der Waals surface area (Å²) < 4.78 is 0. The molecule has 1 atom stereocenters. The topological polar surface area (TPSA) is 42.2 Å². The third-order valence-corrected chi connectivity index (χ3v) is 4.77. The molecule has 0 saturated carbocycles. The first-order valence-electron chi connectivity index (χ1n) is 7.65. The van der Waals surface area contributed by atoms with Gasteiger partial charge in [-0.3, -0.25) is 9.88 Å². The number of benzene rings is 1. The lowest BCUT2D eigenvalue weighted by atomic mass is 9.75. The highest BCUT2D eigenvalue weighted by Gasteiger charge is 2.38. The summed E-state index contributed by atoms with van der Waals surface area (Å²) in [4.78, 5) is 6.62. The van der Waals surface area contributed by atoms with Crippen LogP contribution in [0.15, 0.2) is 48.8 Å². The zero-order valence-electron chi connectivity index (χ0n) is 12.6. The lowest BCUT2D eigenvalue weighted by Crippen LogP contribution is -2.51. The summed E-state index contributed by atoms with van der Waals surface area (Å²) in [6.07, 6.45) is 7.25. The van der Waals surface area contributed by atoms with Gasteiger partial charge in [0.1, 0.15) is 0 Å². The van der Waals surface area contributed by atoms with E-state index in [2.05, 4.69) is 47.3 Å². The molecule has 0 bridgehead atoms. The van der Waals surface area contributed by atoms with Crippen LogP contribution < -0.4 is 5.73 Å². The SMILES string of the molecule is CN(Cc1cccnc1)C1(CN)CCCc2ccccc21. The van der Waals surface area contributed by atoms with Crippen molar-refractivity contribution in [1.82, 2.24) is 9.88 Å². The van der Waals surface area contributed by atoms with Crippen LogP contribution in [0, 0.1) is 0 Å². The van der Waals surface area contributed by atoms with Crippen molar-refractivity contribution in [1.29, 1.82) is 0 Å². The molecule has 110 valence electrons. The Morgan fingerprint density at radius 3 is 2.86 bits per heavy atom. The number of pyridine rings is 1. The van der Waals surface area contributed by atoms with Gasteiger partial charge in [-0.2, -0.15) is 0 Å². The summed E-state index contributed by atoms with van der Waals surface area (Å²) in [5.41, 5.74) is 10.3. The Labute approximate surface area is 126 Å². The highest BCUT2D eigenvalue weighted by molar-refractivity contribution is 5.37.